The molecule has 116 valence electrons. The van der Waals surface area contributed by atoms with Gasteiger partial charge in [-0.05, 0) is 43.3 Å². The Hall–Kier alpha value is -3.02. The van der Waals surface area contributed by atoms with Crippen molar-refractivity contribution in [1.82, 2.24) is 15.0 Å². The van der Waals surface area contributed by atoms with Crippen LogP contribution in [0.1, 0.15) is 23.7 Å². The molecule has 0 saturated heterocycles. The van der Waals surface area contributed by atoms with Crippen LogP contribution in [0.3, 0.4) is 0 Å². The highest BCUT2D eigenvalue weighted by Gasteiger charge is 2.07. The minimum atomic E-state index is -0.111. The molecule has 0 saturated carbocycles. The van der Waals surface area contributed by atoms with Gasteiger partial charge >= 0.3 is 0 Å². The van der Waals surface area contributed by atoms with E-state index in [4.69, 9.17) is 0 Å². The summed E-state index contributed by atoms with van der Waals surface area (Å²) >= 11 is 0. The molecular weight excluding hydrogens is 292 g/mol. The van der Waals surface area contributed by atoms with Crippen molar-refractivity contribution in [1.29, 1.82) is 0 Å². The fraction of sp³-hybridized carbons (Fsp3) is 0.176. The van der Waals surface area contributed by atoms with Crippen molar-refractivity contribution in [2.24, 2.45) is 0 Å². The summed E-state index contributed by atoms with van der Waals surface area (Å²) in [4.78, 5) is 23.2. The number of anilines is 1. The summed E-state index contributed by atoms with van der Waals surface area (Å²) in [5.74, 6) is -0.110. The third-order valence-corrected chi connectivity index (χ3v) is 3.55. The molecule has 0 aliphatic rings. The van der Waals surface area contributed by atoms with E-state index in [-0.39, 0.29) is 11.7 Å². The highest BCUT2D eigenvalue weighted by molar-refractivity contribution is 5.95. The van der Waals surface area contributed by atoms with Crippen molar-refractivity contribution in [3.8, 4) is 0 Å². The van der Waals surface area contributed by atoms with Gasteiger partial charge in [0.05, 0.1) is 12.1 Å². The Kier molecular flexibility index (Phi) is 4.14. The lowest BCUT2D eigenvalue weighted by molar-refractivity contribution is -0.116. The molecule has 0 bridgehead atoms. The number of carbonyl (C=O) groups excluding carboxylic acids is 2. The lowest BCUT2D eigenvalue weighted by Gasteiger charge is -2.06. The fourth-order valence-electron chi connectivity index (χ4n) is 2.30. The summed E-state index contributed by atoms with van der Waals surface area (Å²) in [6.07, 6.45) is 0.293. The van der Waals surface area contributed by atoms with Gasteiger partial charge in [-0.25, -0.2) is 4.68 Å². The molecule has 0 unspecified atom stereocenters. The Bertz CT molecular complexity index is 852. The Morgan fingerprint density at radius 2 is 1.83 bits per heavy atom. The van der Waals surface area contributed by atoms with E-state index < -0.39 is 0 Å². The molecule has 1 amide bonds. The molecule has 1 N–H and O–H groups in total. The van der Waals surface area contributed by atoms with Crippen LogP contribution in [0.15, 0.2) is 48.5 Å². The van der Waals surface area contributed by atoms with E-state index >= 15 is 0 Å². The van der Waals surface area contributed by atoms with Gasteiger partial charge in [-0.1, -0.05) is 17.3 Å². The number of benzene rings is 2. The number of nitrogens with zero attached hydrogens (tertiary/aromatic N) is 3. The van der Waals surface area contributed by atoms with Crippen LogP contribution in [-0.4, -0.2) is 26.7 Å². The largest absolute Gasteiger partial charge is 0.326 e. The van der Waals surface area contributed by atoms with Gasteiger partial charge in [0, 0.05) is 17.7 Å². The number of nitrogens with one attached hydrogen (secondary N) is 1. The standard InChI is InChI=1S/C17H16N4O2/c1-12(22)13-6-8-14(9-7-13)18-17(23)10-11-21-16-5-3-2-4-15(16)19-20-21/h2-9H,10-11H2,1H3,(H,18,23). The van der Waals surface area contributed by atoms with E-state index in [9.17, 15) is 9.59 Å². The molecule has 3 aromatic rings. The molecule has 1 aromatic heterocycles. The molecule has 0 spiro atoms. The number of hydrogen-bond acceptors (Lipinski definition) is 4. The van der Waals surface area contributed by atoms with Crippen molar-refractivity contribution in [2.45, 2.75) is 19.9 Å². The zero-order chi connectivity index (χ0) is 16.2. The van der Waals surface area contributed by atoms with Crippen LogP contribution >= 0.6 is 0 Å². The van der Waals surface area contributed by atoms with Crippen molar-refractivity contribution < 1.29 is 9.59 Å². The van der Waals surface area contributed by atoms with Gasteiger partial charge in [0.25, 0.3) is 0 Å². The summed E-state index contributed by atoms with van der Waals surface area (Å²) < 4.78 is 1.72. The molecule has 6 nitrogen and oxygen atoms in total. The van der Waals surface area contributed by atoms with Crippen LogP contribution in [0.25, 0.3) is 11.0 Å². The minimum Gasteiger partial charge on any atom is -0.326 e. The van der Waals surface area contributed by atoms with Crippen molar-refractivity contribution in [2.75, 3.05) is 5.32 Å². The number of ketones is 1. The number of aryl methyl sites for hydroxylation is 1. The highest BCUT2D eigenvalue weighted by atomic mass is 16.1. The number of fused-ring (bicyclic) bond motifs is 1. The first-order valence-electron chi connectivity index (χ1n) is 7.32. The Balaban J connectivity index is 1.60. The predicted molar refractivity (Wildman–Crippen MR) is 87.2 cm³/mol. The monoisotopic (exact) mass is 308 g/mol. The number of para-hydroxylation sites is 1. The third-order valence-electron chi connectivity index (χ3n) is 3.55. The zero-order valence-electron chi connectivity index (χ0n) is 12.7. The quantitative estimate of drug-likeness (QED) is 0.735. The van der Waals surface area contributed by atoms with E-state index in [1.54, 1.807) is 28.9 Å². The van der Waals surface area contributed by atoms with Gasteiger partial charge in [0.15, 0.2) is 5.78 Å². The lowest BCUT2D eigenvalue weighted by Crippen LogP contribution is -2.15. The third kappa shape index (κ3) is 3.42. The summed E-state index contributed by atoms with van der Waals surface area (Å²) in [6, 6.07) is 14.5. The second kappa shape index (κ2) is 6.39. The van der Waals surface area contributed by atoms with E-state index in [1.807, 2.05) is 24.3 Å². The average molecular weight is 308 g/mol. The Labute approximate surface area is 133 Å². The van der Waals surface area contributed by atoms with Crippen molar-refractivity contribution >= 4 is 28.4 Å². The summed E-state index contributed by atoms with van der Waals surface area (Å²) in [5.41, 5.74) is 3.01. The normalized spacial score (nSPS) is 10.7. The van der Waals surface area contributed by atoms with Gasteiger partial charge in [-0.15, -0.1) is 5.10 Å². The number of aromatic nitrogens is 3. The molecule has 3 rings (SSSR count). The second-order valence-corrected chi connectivity index (χ2v) is 5.23. The van der Waals surface area contributed by atoms with Crippen molar-refractivity contribution in [3.63, 3.8) is 0 Å². The molecule has 1 heterocycles. The van der Waals surface area contributed by atoms with E-state index in [1.165, 1.54) is 6.92 Å². The smallest absolute Gasteiger partial charge is 0.226 e. The van der Waals surface area contributed by atoms with Crippen LogP contribution < -0.4 is 5.32 Å². The van der Waals surface area contributed by atoms with E-state index in [0.29, 0.717) is 24.2 Å². The SMILES string of the molecule is CC(=O)c1ccc(NC(=O)CCn2nnc3ccccc32)cc1. The Morgan fingerprint density at radius 1 is 1.09 bits per heavy atom. The molecule has 23 heavy (non-hydrogen) atoms. The average Bonchev–Trinajstić information content (AvgIpc) is 2.97. The molecule has 0 atom stereocenters. The molecule has 0 aliphatic heterocycles. The zero-order valence-corrected chi connectivity index (χ0v) is 12.7. The van der Waals surface area contributed by atoms with Crippen LogP contribution in [0.2, 0.25) is 0 Å². The van der Waals surface area contributed by atoms with Gasteiger partial charge in [0.1, 0.15) is 5.52 Å². The number of Topliss-reactive ketones (excluding diaryl/α,β-unsaturated/α-hetero) is 1. The number of rotatable bonds is 5. The molecule has 2 aromatic carbocycles. The maximum absolute atomic E-state index is 12.0. The molecule has 6 heteroatoms. The number of carbonyl (C=O) groups is 2. The van der Waals surface area contributed by atoms with Crippen LogP contribution in [0, 0.1) is 0 Å². The van der Waals surface area contributed by atoms with Crippen molar-refractivity contribution in [3.05, 3.63) is 54.1 Å². The fourth-order valence-corrected chi connectivity index (χ4v) is 2.30. The lowest BCUT2D eigenvalue weighted by atomic mass is 10.1. The first kappa shape index (κ1) is 14.9. The van der Waals surface area contributed by atoms with Crippen LogP contribution in [0.5, 0.6) is 0 Å². The van der Waals surface area contributed by atoms with Gasteiger partial charge in [0.2, 0.25) is 5.91 Å². The predicted octanol–water partition coefficient (Wildman–Crippen LogP) is 2.66. The Morgan fingerprint density at radius 3 is 2.57 bits per heavy atom. The van der Waals surface area contributed by atoms with Gasteiger partial charge < -0.3 is 5.32 Å². The molecule has 0 radical (unpaired) electrons. The minimum absolute atomic E-state index is 0.000867. The van der Waals surface area contributed by atoms with Gasteiger partial charge in [-0.2, -0.15) is 0 Å². The number of amides is 1. The van der Waals surface area contributed by atoms with Gasteiger partial charge in [-0.3, -0.25) is 9.59 Å². The maximum Gasteiger partial charge on any atom is 0.226 e. The second-order valence-electron chi connectivity index (χ2n) is 5.23. The molecule has 0 fully saturated rings. The maximum atomic E-state index is 12.0. The molecule has 0 aliphatic carbocycles. The van der Waals surface area contributed by atoms with E-state index in [0.717, 1.165) is 11.0 Å². The summed E-state index contributed by atoms with van der Waals surface area (Å²) in [7, 11) is 0. The first-order valence-corrected chi connectivity index (χ1v) is 7.32. The summed E-state index contributed by atoms with van der Waals surface area (Å²) in [6.45, 7) is 1.97. The first-order chi connectivity index (χ1) is 11.1. The molecular formula is C17H16N4O2. The summed E-state index contributed by atoms with van der Waals surface area (Å²) in [5, 5.41) is 10.9. The van der Waals surface area contributed by atoms with E-state index in [2.05, 4.69) is 15.6 Å². The van der Waals surface area contributed by atoms with Crippen LogP contribution in [0.4, 0.5) is 5.69 Å². The number of hydrogen-bond donors (Lipinski definition) is 1. The highest BCUT2D eigenvalue weighted by Crippen LogP contribution is 2.12. The van der Waals surface area contributed by atoms with Crippen LogP contribution in [-0.2, 0) is 11.3 Å². The topological polar surface area (TPSA) is 76.9 Å².